The predicted molar refractivity (Wildman–Crippen MR) is 80.8 cm³/mol. The van der Waals surface area contributed by atoms with Gasteiger partial charge in [0, 0.05) is 18.3 Å². The Morgan fingerprint density at radius 2 is 2.14 bits per heavy atom. The highest BCUT2D eigenvalue weighted by Gasteiger charge is 2.18. The van der Waals surface area contributed by atoms with Crippen molar-refractivity contribution in [2.45, 2.75) is 24.8 Å². The zero-order valence-electron chi connectivity index (χ0n) is 11.7. The lowest BCUT2D eigenvalue weighted by molar-refractivity contribution is 0.282. The van der Waals surface area contributed by atoms with E-state index in [4.69, 9.17) is 16.7 Å². The van der Waals surface area contributed by atoms with E-state index in [9.17, 15) is 8.42 Å². The summed E-state index contributed by atoms with van der Waals surface area (Å²) in [6, 6.07) is 4.21. The molecule has 1 aromatic heterocycles. The van der Waals surface area contributed by atoms with Gasteiger partial charge in [0.25, 0.3) is 10.0 Å². The monoisotopic (exact) mass is 329 g/mol. The summed E-state index contributed by atoms with van der Waals surface area (Å²) in [6.45, 7) is 1.65. The Balaban J connectivity index is 2.36. The highest BCUT2D eigenvalue weighted by atomic mass is 35.5. The third kappa shape index (κ3) is 3.37. The van der Waals surface area contributed by atoms with Crippen LogP contribution in [0.2, 0.25) is 5.02 Å². The third-order valence-corrected chi connectivity index (χ3v) is 4.70. The Labute approximate surface area is 128 Å². The molecule has 0 spiro atoms. The molecular weight excluding hydrogens is 314 g/mol. The number of hydrogen-bond donors (Lipinski definition) is 2. The summed E-state index contributed by atoms with van der Waals surface area (Å²) in [5.41, 5.74) is 1.59. The summed E-state index contributed by atoms with van der Waals surface area (Å²) in [5, 5.41) is 13.5. The molecule has 1 aromatic carbocycles. The fourth-order valence-corrected chi connectivity index (χ4v) is 3.31. The zero-order valence-corrected chi connectivity index (χ0v) is 13.2. The van der Waals surface area contributed by atoms with Crippen molar-refractivity contribution in [3.8, 4) is 0 Å². The summed E-state index contributed by atoms with van der Waals surface area (Å²) in [6.07, 6.45) is 2.23. The van der Waals surface area contributed by atoms with Crippen molar-refractivity contribution in [1.29, 1.82) is 0 Å². The largest absolute Gasteiger partial charge is 0.392 e. The van der Waals surface area contributed by atoms with Gasteiger partial charge in [-0.05, 0) is 24.1 Å². The lowest BCUT2D eigenvalue weighted by atomic mass is 10.2. The molecule has 0 aliphatic carbocycles. The quantitative estimate of drug-likeness (QED) is 0.877. The lowest BCUT2D eigenvalue weighted by Crippen LogP contribution is -2.13. The van der Waals surface area contributed by atoms with Crippen molar-refractivity contribution in [3.05, 3.63) is 40.7 Å². The van der Waals surface area contributed by atoms with Crippen LogP contribution in [0.15, 0.2) is 29.3 Å². The molecule has 0 aliphatic heterocycles. The lowest BCUT2D eigenvalue weighted by Gasteiger charge is -2.09. The van der Waals surface area contributed by atoms with E-state index in [-0.39, 0.29) is 16.5 Å². The van der Waals surface area contributed by atoms with Crippen LogP contribution in [0.1, 0.15) is 18.2 Å². The van der Waals surface area contributed by atoms with Crippen LogP contribution >= 0.6 is 11.6 Å². The number of aromatic nitrogens is 2. The SMILES string of the molecule is CCc1nn(C)cc1NS(=O)(=O)c1ccc(CO)c(Cl)c1. The predicted octanol–water partition coefficient (Wildman–Crippen LogP) is 1.93. The number of benzene rings is 1. The van der Waals surface area contributed by atoms with Gasteiger partial charge in [-0.15, -0.1) is 0 Å². The summed E-state index contributed by atoms with van der Waals surface area (Å²) in [7, 11) is -2.02. The van der Waals surface area contributed by atoms with Gasteiger partial charge in [0.1, 0.15) is 0 Å². The topological polar surface area (TPSA) is 84.2 Å². The van der Waals surface area contributed by atoms with Gasteiger partial charge >= 0.3 is 0 Å². The number of aliphatic hydroxyl groups excluding tert-OH is 1. The van der Waals surface area contributed by atoms with E-state index >= 15 is 0 Å². The summed E-state index contributed by atoms with van der Waals surface area (Å²) >= 11 is 5.93. The van der Waals surface area contributed by atoms with Crippen LogP contribution in [-0.2, 0) is 30.1 Å². The van der Waals surface area contributed by atoms with Crippen molar-refractivity contribution < 1.29 is 13.5 Å². The standard InChI is InChI=1S/C13H16ClN3O3S/c1-3-12-13(7-17(2)15-12)16-21(19,20)10-5-4-9(8-18)11(14)6-10/h4-7,16,18H,3,8H2,1-2H3. The molecule has 21 heavy (non-hydrogen) atoms. The second kappa shape index (κ2) is 6.05. The van der Waals surface area contributed by atoms with Crippen LogP contribution in [0.3, 0.4) is 0 Å². The maximum absolute atomic E-state index is 12.4. The summed E-state index contributed by atoms with van der Waals surface area (Å²) in [4.78, 5) is 0.0376. The van der Waals surface area contributed by atoms with E-state index in [0.29, 0.717) is 23.4 Å². The molecule has 0 amide bonds. The number of nitrogens with zero attached hydrogens (tertiary/aromatic N) is 2. The smallest absolute Gasteiger partial charge is 0.262 e. The molecule has 1 heterocycles. The van der Waals surface area contributed by atoms with E-state index in [2.05, 4.69) is 9.82 Å². The Bertz CT molecular complexity index is 756. The van der Waals surface area contributed by atoms with Crippen molar-refractivity contribution in [2.75, 3.05) is 4.72 Å². The first-order valence-corrected chi connectivity index (χ1v) is 8.18. The number of aliphatic hydroxyl groups is 1. The molecule has 0 fully saturated rings. The highest BCUT2D eigenvalue weighted by Crippen LogP contribution is 2.24. The number of rotatable bonds is 5. The first kappa shape index (κ1) is 15.8. The van der Waals surface area contributed by atoms with E-state index in [1.54, 1.807) is 17.9 Å². The maximum Gasteiger partial charge on any atom is 0.262 e. The summed E-state index contributed by atoms with van der Waals surface area (Å²) < 4.78 is 28.8. The van der Waals surface area contributed by atoms with Crippen LogP contribution < -0.4 is 4.72 Å². The molecule has 0 radical (unpaired) electrons. The first-order chi connectivity index (χ1) is 9.87. The highest BCUT2D eigenvalue weighted by molar-refractivity contribution is 7.92. The van der Waals surface area contributed by atoms with E-state index in [1.807, 2.05) is 6.92 Å². The third-order valence-electron chi connectivity index (χ3n) is 2.99. The molecule has 0 atom stereocenters. The van der Waals surface area contributed by atoms with Gasteiger partial charge < -0.3 is 5.11 Å². The Hall–Kier alpha value is -1.57. The molecule has 0 bridgehead atoms. The second-order valence-corrected chi connectivity index (χ2v) is 6.62. The number of anilines is 1. The van der Waals surface area contributed by atoms with Gasteiger partial charge in [-0.2, -0.15) is 5.10 Å². The molecule has 6 nitrogen and oxygen atoms in total. The van der Waals surface area contributed by atoms with Crippen molar-refractivity contribution in [3.63, 3.8) is 0 Å². The minimum Gasteiger partial charge on any atom is -0.392 e. The molecule has 0 unspecified atom stereocenters. The number of halogens is 1. The van der Waals surface area contributed by atoms with Crippen LogP contribution in [0.5, 0.6) is 0 Å². The van der Waals surface area contributed by atoms with Crippen LogP contribution in [0, 0.1) is 0 Å². The normalized spacial score (nSPS) is 11.6. The minimum absolute atomic E-state index is 0.0376. The van der Waals surface area contributed by atoms with Crippen molar-refractivity contribution in [2.24, 2.45) is 7.05 Å². The van der Waals surface area contributed by atoms with Crippen LogP contribution in [-0.4, -0.2) is 23.3 Å². The Kier molecular flexibility index (Phi) is 4.55. The minimum atomic E-state index is -3.75. The van der Waals surface area contributed by atoms with Crippen LogP contribution in [0.4, 0.5) is 5.69 Å². The maximum atomic E-state index is 12.4. The molecular formula is C13H16ClN3O3S. The average Bonchev–Trinajstić information content (AvgIpc) is 2.77. The number of hydrogen-bond acceptors (Lipinski definition) is 4. The fourth-order valence-electron chi connectivity index (χ4n) is 1.91. The van der Waals surface area contributed by atoms with Crippen molar-refractivity contribution in [1.82, 2.24) is 9.78 Å². The Morgan fingerprint density at radius 3 is 2.71 bits per heavy atom. The first-order valence-electron chi connectivity index (χ1n) is 6.32. The number of nitrogens with one attached hydrogen (secondary N) is 1. The van der Waals surface area contributed by atoms with E-state index in [1.165, 1.54) is 18.2 Å². The molecule has 2 aromatic rings. The van der Waals surface area contributed by atoms with Gasteiger partial charge in [0.15, 0.2) is 0 Å². The van der Waals surface area contributed by atoms with Crippen LogP contribution in [0.25, 0.3) is 0 Å². The molecule has 0 aliphatic rings. The molecule has 2 N–H and O–H groups in total. The number of sulfonamides is 1. The average molecular weight is 330 g/mol. The van der Waals surface area contributed by atoms with Gasteiger partial charge in [0.2, 0.25) is 0 Å². The van der Waals surface area contributed by atoms with Gasteiger partial charge in [-0.25, -0.2) is 8.42 Å². The molecule has 8 heteroatoms. The summed E-state index contributed by atoms with van der Waals surface area (Å²) in [5.74, 6) is 0. The zero-order chi connectivity index (χ0) is 15.6. The molecule has 0 saturated carbocycles. The molecule has 114 valence electrons. The van der Waals surface area contributed by atoms with E-state index < -0.39 is 10.0 Å². The van der Waals surface area contributed by atoms with Gasteiger partial charge in [-0.3, -0.25) is 9.40 Å². The molecule has 0 saturated heterocycles. The Morgan fingerprint density at radius 1 is 1.43 bits per heavy atom. The second-order valence-electron chi connectivity index (χ2n) is 4.53. The van der Waals surface area contributed by atoms with E-state index in [0.717, 1.165) is 0 Å². The van der Waals surface area contributed by atoms with Crippen molar-refractivity contribution >= 4 is 27.3 Å². The number of aryl methyl sites for hydroxylation is 2. The van der Waals surface area contributed by atoms with Gasteiger partial charge in [0.05, 0.1) is 22.9 Å². The fraction of sp³-hybridized carbons (Fsp3) is 0.308. The van der Waals surface area contributed by atoms with Gasteiger partial charge in [-0.1, -0.05) is 24.6 Å². The molecule has 2 rings (SSSR count).